The predicted octanol–water partition coefficient (Wildman–Crippen LogP) is 3.44. The Hall–Kier alpha value is -1.96. The monoisotopic (exact) mass is 349 g/mol. The first-order chi connectivity index (χ1) is 11.7. The number of rotatable bonds is 6. The fraction of sp³-hybridized carbons (Fsp3) is 0.500. The highest BCUT2D eigenvalue weighted by atomic mass is 32.2. The van der Waals surface area contributed by atoms with E-state index in [-0.39, 0.29) is 11.7 Å². The van der Waals surface area contributed by atoms with Crippen LogP contribution in [0.25, 0.3) is 0 Å². The lowest BCUT2D eigenvalue weighted by Crippen LogP contribution is -2.16. The quantitative estimate of drug-likeness (QED) is 0.809. The van der Waals surface area contributed by atoms with E-state index >= 15 is 0 Å². The topological polar surface area (TPSA) is 72.7 Å². The standard InChI is InChI=1S/C16H20FN5OS/c17-12-6-8-13(9-7-12)18-15(23)10-11-24-16-19-20-21-22(16)14-4-2-1-3-5-14/h6-9,14H,1-5,10-11H2,(H,18,23). The molecule has 1 aliphatic carbocycles. The summed E-state index contributed by atoms with van der Waals surface area (Å²) in [5.41, 5.74) is 0.596. The van der Waals surface area contributed by atoms with Gasteiger partial charge in [0.15, 0.2) is 0 Å². The maximum absolute atomic E-state index is 12.8. The average Bonchev–Trinajstić information content (AvgIpc) is 3.06. The van der Waals surface area contributed by atoms with Gasteiger partial charge in [-0.15, -0.1) is 5.10 Å². The number of thioether (sulfide) groups is 1. The Kier molecular flexibility index (Phi) is 5.79. The molecule has 128 valence electrons. The molecule has 1 N–H and O–H groups in total. The van der Waals surface area contributed by atoms with Crippen LogP contribution in [0.15, 0.2) is 29.4 Å². The number of tetrazole rings is 1. The molecule has 0 saturated heterocycles. The van der Waals surface area contributed by atoms with Crippen LogP contribution in [0, 0.1) is 5.82 Å². The number of hydrogen-bond donors (Lipinski definition) is 1. The second kappa shape index (κ2) is 8.23. The summed E-state index contributed by atoms with van der Waals surface area (Å²) in [4.78, 5) is 11.9. The Morgan fingerprint density at radius 3 is 2.75 bits per heavy atom. The second-order valence-electron chi connectivity index (χ2n) is 5.85. The van der Waals surface area contributed by atoms with E-state index in [9.17, 15) is 9.18 Å². The van der Waals surface area contributed by atoms with Crippen LogP contribution in [0.1, 0.15) is 44.6 Å². The highest BCUT2D eigenvalue weighted by Crippen LogP contribution is 2.30. The van der Waals surface area contributed by atoms with E-state index in [2.05, 4.69) is 20.8 Å². The van der Waals surface area contributed by atoms with E-state index in [4.69, 9.17) is 0 Å². The van der Waals surface area contributed by atoms with Crippen LogP contribution >= 0.6 is 11.8 Å². The van der Waals surface area contributed by atoms with Crippen LogP contribution in [0.3, 0.4) is 0 Å². The Morgan fingerprint density at radius 1 is 1.25 bits per heavy atom. The molecule has 0 radical (unpaired) electrons. The summed E-state index contributed by atoms with van der Waals surface area (Å²) < 4.78 is 14.7. The van der Waals surface area contributed by atoms with Crippen LogP contribution in [-0.2, 0) is 4.79 Å². The van der Waals surface area contributed by atoms with Crippen LogP contribution < -0.4 is 5.32 Å². The van der Waals surface area contributed by atoms with Gasteiger partial charge in [-0.1, -0.05) is 31.0 Å². The molecule has 8 heteroatoms. The van der Waals surface area contributed by atoms with Crippen molar-refractivity contribution in [1.82, 2.24) is 20.2 Å². The molecule has 3 rings (SSSR count). The third-order valence-electron chi connectivity index (χ3n) is 4.07. The molecule has 6 nitrogen and oxygen atoms in total. The SMILES string of the molecule is O=C(CCSc1nnnn1C1CCCCC1)Nc1ccc(F)cc1. The van der Waals surface area contributed by atoms with Crippen molar-refractivity contribution in [3.05, 3.63) is 30.1 Å². The van der Waals surface area contributed by atoms with E-state index in [0.717, 1.165) is 18.0 Å². The summed E-state index contributed by atoms with van der Waals surface area (Å²) in [7, 11) is 0. The molecule has 24 heavy (non-hydrogen) atoms. The van der Waals surface area contributed by atoms with Gasteiger partial charge in [0.1, 0.15) is 5.82 Å². The van der Waals surface area contributed by atoms with Crippen molar-refractivity contribution >= 4 is 23.4 Å². The van der Waals surface area contributed by atoms with Gasteiger partial charge in [-0.25, -0.2) is 9.07 Å². The van der Waals surface area contributed by atoms with Gasteiger partial charge < -0.3 is 5.32 Å². The summed E-state index contributed by atoms with van der Waals surface area (Å²) in [5.74, 6) is 0.170. The third-order valence-corrected chi connectivity index (χ3v) is 5.01. The molecule has 1 aliphatic rings. The Bertz CT molecular complexity index is 669. The van der Waals surface area contributed by atoms with Gasteiger partial charge in [-0.3, -0.25) is 4.79 Å². The molecule has 0 atom stereocenters. The Labute approximate surface area is 144 Å². The van der Waals surface area contributed by atoms with E-state index < -0.39 is 0 Å². The van der Waals surface area contributed by atoms with Crippen molar-refractivity contribution in [2.45, 2.75) is 49.7 Å². The van der Waals surface area contributed by atoms with Gasteiger partial charge >= 0.3 is 0 Å². The van der Waals surface area contributed by atoms with Crippen molar-refractivity contribution in [3.63, 3.8) is 0 Å². The van der Waals surface area contributed by atoms with Crippen molar-refractivity contribution in [2.24, 2.45) is 0 Å². The molecule has 0 spiro atoms. The number of carbonyl (C=O) groups is 1. The highest BCUT2D eigenvalue weighted by Gasteiger charge is 2.20. The second-order valence-corrected chi connectivity index (χ2v) is 6.91. The van der Waals surface area contributed by atoms with Gasteiger partial charge in [0.25, 0.3) is 0 Å². The maximum atomic E-state index is 12.8. The minimum Gasteiger partial charge on any atom is -0.326 e. The number of benzene rings is 1. The van der Waals surface area contributed by atoms with E-state index in [1.54, 1.807) is 12.1 Å². The smallest absolute Gasteiger partial charge is 0.225 e. The fourth-order valence-corrected chi connectivity index (χ4v) is 3.71. The number of nitrogens with zero attached hydrogens (tertiary/aromatic N) is 4. The zero-order chi connectivity index (χ0) is 16.8. The molecular formula is C16H20FN5OS. The van der Waals surface area contributed by atoms with Crippen molar-refractivity contribution in [1.29, 1.82) is 0 Å². The number of hydrogen-bond acceptors (Lipinski definition) is 5. The molecular weight excluding hydrogens is 329 g/mol. The predicted molar refractivity (Wildman–Crippen MR) is 90.3 cm³/mol. The van der Waals surface area contributed by atoms with E-state index in [1.165, 1.54) is 43.2 Å². The van der Waals surface area contributed by atoms with E-state index in [1.807, 2.05) is 4.68 Å². The van der Waals surface area contributed by atoms with Gasteiger partial charge in [0.05, 0.1) is 6.04 Å². The number of halogens is 1. The van der Waals surface area contributed by atoms with Crippen LogP contribution in [-0.4, -0.2) is 31.9 Å². The molecule has 1 aromatic heterocycles. The Morgan fingerprint density at radius 2 is 2.00 bits per heavy atom. The van der Waals surface area contributed by atoms with Crippen LogP contribution in [0.2, 0.25) is 0 Å². The maximum Gasteiger partial charge on any atom is 0.225 e. The third kappa shape index (κ3) is 4.53. The van der Waals surface area contributed by atoms with Crippen LogP contribution in [0.4, 0.5) is 10.1 Å². The number of nitrogens with one attached hydrogen (secondary N) is 1. The lowest BCUT2D eigenvalue weighted by molar-refractivity contribution is -0.115. The summed E-state index contributed by atoms with van der Waals surface area (Å²) in [6.45, 7) is 0. The zero-order valence-corrected chi connectivity index (χ0v) is 14.1. The molecule has 0 unspecified atom stereocenters. The normalized spacial score (nSPS) is 15.4. The minimum absolute atomic E-state index is 0.106. The first-order valence-corrected chi connectivity index (χ1v) is 9.17. The van der Waals surface area contributed by atoms with Gasteiger partial charge in [0.2, 0.25) is 11.1 Å². The zero-order valence-electron chi connectivity index (χ0n) is 13.3. The fourth-order valence-electron chi connectivity index (χ4n) is 2.83. The summed E-state index contributed by atoms with van der Waals surface area (Å²) in [6, 6.07) is 6.11. The molecule has 0 aliphatic heterocycles. The lowest BCUT2D eigenvalue weighted by Gasteiger charge is -2.21. The first kappa shape index (κ1) is 16.9. The van der Waals surface area contributed by atoms with Crippen molar-refractivity contribution in [3.8, 4) is 0 Å². The van der Waals surface area contributed by atoms with Gasteiger partial charge in [0, 0.05) is 17.9 Å². The first-order valence-electron chi connectivity index (χ1n) is 8.18. The van der Waals surface area contributed by atoms with Crippen molar-refractivity contribution < 1.29 is 9.18 Å². The summed E-state index contributed by atoms with van der Waals surface area (Å²) in [6.07, 6.45) is 6.29. The molecule has 2 aromatic rings. The molecule has 1 saturated carbocycles. The molecule has 1 heterocycles. The molecule has 0 bridgehead atoms. The summed E-state index contributed by atoms with van der Waals surface area (Å²) >= 11 is 1.49. The summed E-state index contributed by atoms with van der Waals surface area (Å²) in [5, 5.41) is 15.5. The highest BCUT2D eigenvalue weighted by molar-refractivity contribution is 7.99. The van der Waals surface area contributed by atoms with Crippen LogP contribution in [0.5, 0.6) is 0 Å². The number of aromatic nitrogens is 4. The number of anilines is 1. The Balaban J connectivity index is 1.47. The van der Waals surface area contributed by atoms with Crippen molar-refractivity contribution in [2.75, 3.05) is 11.1 Å². The average molecular weight is 349 g/mol. The number of carbonyl (C=O) groups excluding carboxylic acids is 1. The van der Waals surface area contributed by atoms with Gasteiger partial charge in [-0.05, 0) is 47.5 Å². The lowest BCUT2D eigenvalue weighted by atomic mass is 9.96. The molecule has 1 fully saturated rings. The number of amides is 1. The van der Waals surface area contributed by atoms with Gasteiger partial charge in [-0.2, -0.15) is 0 Å². The molecule has 1 amide bonds. The largest absolute Gasteiger partial charge is 0.326 e. The molecule has 1 aromatic carbocycles. The minimum atomic E-state index is -0.321. The van der Waals surface area contributed by atoms with E-state index in [0.29, 0.717) is 23.9 Å².